The van der Waals surface area contributed by atoms with Crippen molar-refractivity contribution in [1.82, 2.24) is 16.0 Å². The second-order valence-corrected chi connectivity index (χ2v) is 8.44. The molecule has 0 heterocycles. The molecule has 1 amide bonds. The fourth-order valence-electron chi connectivity index (χ4n) is 3.38. The molecule has 0 radical (unpaired) electrons. The molecule has 2 atom stereocenters. The zero-order valence-corrected chi connectivity index (χ0v) is 19.2. The van der Waals surface area contributed by atoms with E-state index in [-0.39, 0.29) is 24.0 Å². The summed E-state index contributed by atoms with van der Waals surface area (Å²) in [7, 11) is 1.68. The predicted molar refractivity (Wildman–Crippen MR) is 125 cm³/mol. The summed E-state index contributed by atoms with van der Waals surface area (Å²) in [5, 5.41) is 13.0. The minimum absolute atomic E-state index is 0.0253. The smallest absolute Gasteiger partial charge is 0.353 e. The van der Waals surface area contributed by atoms with Crippen LogP contribution in [0.15, 0.2) is 58.7 Å². The quantitative estimate of drug-likeness (QED) is 0.207. The fourth-order valence-corrected chi connectivity index (χ4v) is 3.51. The third kappa shape index (κ3) is 7.01. The van der Waals surface area contributed by atoms with Gasteiger partial charge in [0.05, 0.1) is 11.7 Å². The summed E-state index contributed by atoms with van der Waals surface area (Å²) in [5.74, 6) is -0.518. The summed E-state index contributed by atoms with van der Waals surface area (Å²) in [6.45, 7) is 0. The van der Waals surface area contributed by atoms with E-state index in [0.717, 1.165) is 43.5 Å². The third-order valence-corrected chi connectivity index (χ3v) is 5.87. The van der Waals surface area contributed by atoms with Gasteiger partial charge in [-0.3, -0.25) is 4.79 Å². The molecule has 3 N–H and O–H groups in total. The van der Waals surface area contributed by atoms with Crippen molar-refractivity contribution in [3.8, 4) is 0 Å². The number of carbonyl (C=O) groups is 1. The highest BCUT2D eigenvalue weighted by Crippen LogP contribution is 2.29. The lowest BCUT2D eigenvalue weighted by Gasteiger charge is -2.30. The summed E-state index contributed by atoms with van der Waals surface area (Å²) in [6, 6.07) is 10.1. The van der Waals surface area contributed by atoms with Crippen LogP contribution < -0.4 is 16.0 Å². The Bertz CT molecular complexity index is 1010. The Kier molecular flexibility index (Phi) is 8.62. The molecule has 2 aromatic carbocycles. The minimum atomic E-state index is -4.49. The molecule has 0 aliphatic heterocycles. The van der Waals surface area contributed by atoms with Crippen molar-refractivity contribution < 1.29 is 18.0 Å². The fraction of sp³-hybridized carbons (Fsp3) is 0.391. The van der Waals surface area contributed by atoms with E-state index >= 15 is 0 Å². The van der Waals surface area contributed by atoms with Crippen molar-refractivity contribution in [3.05, 3.63) is 75.2 Å². The normalized spacial score (nSPS) is 16.3. The maximum atomic E-state index is 12.8. The summed E-state index contributed by atoms with van der Waals surface area (Å²) < 4.78 is 38.4. The van der Waals surface area contributed by atoms with E-state index in [9.17, 15) is 22.9 Å². The van der Waals surface area contributed by atoms with E-state index in [1.54, 1.807) is 31.3 Å². The molecule has 1 aliphatic rings. The molecule has 182 valence electrons. The second kappa shape index (κ2) is 11.4. The van der Waals surface area contributed by atoms with Crippen LogP contribution in [0.5, 0.6) is 0 Å². The van der Waals surface area contributed by atoms with Crippen LogP contribution in [0.25, 0.3) is 0 Å². The van der Waals surface area contributed by atoms with Gasteiger partial charge in [-0.1, -0.05) is 28.9 Å². The van der Waals surface area contributed by atoms with Gasteiger partial charge in [0.2, 0.25) is 5.96 Å². The number of nitrogens with one attached hydrogen (secondary N) is 3. The number of alkyl halides is 3. The molecule has 0 bridgehead atoms. The number of guanidine groups is 1. The van der Waals surface area contributed by atoms with E-state index in [2.05, 4.69) is 26.1 Å². The second-order valence-electron chi connectivity index (χ2n) is 8.01. The number of benzene rings is 2. The van der Waals surface area contributed by atoms with Crippen LogP contribution in [-0.2, 0) is 6.18 Å². The molecule has 7 nitrogen and oxygen atoms in total. The van der Waals surface area contributed by atoms with Crippen LogP contribution >= 0.6 is 11.6 Å². The van der Waals surface area contributed by atoms with Crippen LogP contribution in [0.4, 0.5) is 13.2 Å². The molecular weight excluding hydrogens is 471 g/mol. The Morgan fingerprint density at radius 3 is 2.26 bits per heavy atom. The molecule has 34 heavy (non-hydrogen) atoms. The number of hydrogen-bond donors (Lipinski definition) is 3. The molecule has 1 aliphatic carbocycles. The standard InChI is InChI=1S/C23H25ClF3N5O2/c1-28-20(13-19(32-34)14-7-11-17(24)12-8-14)30-22(29-18-3-2-4-18)31-21(33)15-5-9-16(10-6-15)23(25,26)27/h5-12,18-20,28H,2-4,13H2,1H3,(H2,29,30,31,33). The summed E-state index contributed by atoms with van der Waals surface area (Å²) in [4.78, 5) is 28.2. The van der Waals surface area contributed by atoms with Gasteiger partial charge in [0.25, 0.3) is 5.91 Å². The van der Waals surface area contributed by atoms with E-state index in [1.165, 1.54) is 0 Å². The van der Waals surface area contributed by atoms with Gasteiger partial charge in [-0.25, -0.2) is 0 Å². The van der Waals surface area contributed by atoms with Gasteiger partial charge in [-0.2, -0.15) is 23.1 Å². The zero-order chi connectivity index (χ0) is 24.7. The van der Waals surface area contributed by atoms with Crippen LogP contribution in [0, 0.1) is 4.91 Å². The lowest BCUT2D eigenvalue weighted by molar-refractivity contribution is -0.137. The first-order valence-corrected chi connectivity index (χ1v) is 11.2. The van der Waals surface area contributed by atoms with Crippen molar-refractivity contribution in [2.24, 2.45) is 10.2 Å². The average Bonchev–Trinajstić information content (AvgIpc) is 2.79. The van der Waals surface area contributed by atoms with Crippen LogP contribution in [0.1, 0.15) is 53.2 Å². The largest absolute Gasteiger partial charge is 0.416 e. The first kappa shape index (κ1) is 25.6. The molecule has 0 spiro atoms. The van der Waals surface area contributed by atoms with Crippen LogP contribution in [0.3, 0.4) is 0 Å². The topological polar surface area (TPSA) is 94.9 Å². The first-order valence-electron chi connectivity index (χ1n) is 10.8. The Morgan fingerprint density at radius 2 is 1.76 bits per heavy atom. The number of nitrogens with zero attached hydrogens (tertiary/aromatic N) is 2. The maximum Gasteiger partial charge on any atom is 0.416 e. The van der Waals surface area contributed by atoms with Crippen molar-refractivity contribution in [2.75, 3.05) is 7.05 Å². The van der Waals surface area contributed by atoms with E-state index in [4.69, 9.17) is 11.6 Å². The van der Waals surface area contributed by atoms with Crippen molar-refractivity contribution in [3.63, 3.8) is 0 Å². The van der Waals surface area contributed by atoms with E-state index in [0.29, 0.717) is 10.6 Å². The third-order valence-electron chi connectivity index (χ3n) is 5.62. The number of hydrogen-bond acceptors (Lipinski definition) is 4. The van der Waals surface area contributed by atoms with Gasteiger partial charge in [0.1, 0.15) is 6.04 Å². The van der Waals surface area contributed by atoms with Gasteiger partial charge >= 0.3 is 6.18 Å². The molecular formula is C23H25ClF3N5O2. The average molecular weight is 496 g/mol. The Morgan fingerprint density at radius 1 is 1.12 bits per heavy atom. The molecule has 2 aromatic rings. The van der Waals surface area contributed by atoms with Crippen LogP contribution in [-0.4, -0.2) is 31.1 Å². The van der Waals surface area contributed by atoms with E-state index in [1.807, 2.05) is 0 Å². The number of carbonyl (C=O) groups excluding carboxylic acids is 1. The zero-order valence-electron chi connectivity index (χ0n) is 18.4. The van der Waals surface area contributed by atoms with Gasteiger partial charge in [-0.15, -0.1) is 0 Å². The maximum absolute atomic E-state index is 12.8. The van der Waals surface area contributed by atoms with E-state index < -0.39 is 29.9 Å². The number of halogens is 4. The van der Waals surface area contributed by atoms with Crippen molar-refractivity contribution in [1.29, 1.82) is 0 Å². The molecule has 1 saturated carbocycles. The summed E-state index contributed by atoms with van der Waals surface area (Å²) in [5.41, 5.74) is -0.131. The summed E-state index contributed by atoms with van der Waals surface area (Å²) in [6.07, 6.45) is -1.87. The van der Waals surface area contributed by atoms with Crippen LogP contribution in [0.2, 0.25) is 5.02 Å². The Labute approximate surface area is 200 Å². The lowest BCUT2D eigenvalue weighted by Crippen LogP contribution is -2.53. The molecule has 1 fully saturated rings. The van der Waals surface area contributed by atoms with Gasteiger partial charge in [-0.05, 0) is 68.3 Å². The monoisotopic (exact) mass is 495 g/mol. The molecule has 2 unspecified atom stereocenters. The SMILES string of the molecule is CNC(CC(N=O)c1ccc(Cl)cc1)N/C(=N\C(=O)c1ccc(C(F)(F)F)cc1)NC1CCC1. The number of nitroso groups, excluding NO2 is 1. The summed E-state index contributed by atoms with van der Waals surface area (Å²) >= 11 is 5.91. The van der Waals surface area contributed by atoms with Gasteiger partial charge in [0, 0.05) is 23.0 Å². The highest BCUT2D eigenvalue weighted by molar-refractivity contribution is 6.30. The number of amides is 1. The lowest BCUT2D eigenvalue weighted by atomic mass is 9.93. The first-order chi connectivity index (χ1) is 16.2. The highest BCUT2D eigenvalue weighted by Gasteiger charge is 2.30. The number of aliphatic imine (C=N–C) groups is 1. The minimum Gasteiger partial charge on any atom is -0.353 e. The predicted octanol–water partition coefficient (Wildman–Crippen LogP) is 5.03. The molecule has 11 heteroatoms. The Balaban J connectivity index is 1.75. The van der Waals surface area contributed by atoms with Gasteiger partial charge in [0.15, 0.2) is 0 Å². The molecule has 0 saturated heterocycles. The molecule has 0 aromatic heterocycles. The van der Waals surface area contributed by atoms with Crippen molar-refractivity contribution >= 4 is 23.5 Å². The highest BCUT2D eigenvalue weighted by atomic mass is 35.5. The Hall–Kier alpha value is -2.98. The van der Waals surface area contributed by atoms with Gasteiger partial charge < -0.3 is 16.0 Å². The molecule has 3 rings (SSSR count). The number of rotatable bonds is 8. The van der Waals surface area contributed by atoms with Crippen molar-refractivity contribution in [2.45, 2.75) is 50.1 Å².